The van der Waals surface area contributed by atoms with Crippen LogP contribution in [0.3, 0.4) is 0 Å². The average Bonchev–Trinajstić information content (AvgIpc) is 2.56. The van der Waals surface area contributed by atoms with Gasteiger partial charge in [-0.15, -0.1) is 0 Å². The molecule has 1 aliphatic heterocycles. The van der Waals surface area contributed by atoms with Gasteiger partial charge >= 0.3 is 0 Å². The van der Waals surface area contributed by atoms with Gasteiger partial charge < -0.3 is 4.74 Å². The fourth-order valence-electron chi connectivity index (χ4n) is 2.19. The zero-order valence-electron chi connectivity index (χ0n) is 8.10. The summed E-state index contributed by atoms with van der Waals surface area (Å²) in [7, 11) is 0. The molecule has 1 aromatic carbocycles. The summed E-state index contributed by atoms with van der Waals surface area (Å²) >= 11 is 0. The van der Waals surface area contributed by atoms with Gasteiger partial charge in [0.25, 0.3) is 0 Å². The number of benzene rings is 1. The van der Waals surface area contributed by atoms with E-state index in [1.807, 2.05) is 12.1 Å². The summed E-state index contributed by atoms with van der Waals surface area (Å²) in [5.74, 6) is 1.47. The Balaban J connectivity index is 2.11. The van der Waals surface area contributed by atoms with Crippen LogP contribution in [0.2, 0.25) is 0 Å². The Hall–Kier alpha value is -1.50. The molecule has 2 unspecified atom stereocenters. The Morgan fingerprint density at radius 2 is 2.07 bits per heavy atom. The summed E-state index contributed by atoms with van der Waals surface area (Å²) in [5.41, 5.74) is 2.65. The molecule has 1 nitrogen and oxygen atoms in total. The van der Waals surface area contributed by atoms with Crippen LogP contribution in [0.5, 0.6) is 5.75 Å². The van der Waals surface area contributed by atoms with Gasteiger partial charge in [0.05, 0.1) is 0 Å². The van der Waals surface area contributed by atoms with Crippen molar-refractivity contribution in [2.75, 3.05) is 0 Å². The van der Waals surface area contributed by atoms with E-state index in [0.717, 1.165) is 5.75 Å². The first-order valence-electron chi connectivity index (χ1n) is 4.97. The summed E-state index contributed by atoms with van der Waals surface area (Å²) in [4.78, 5) is 0. The van der Waals surface area contributed by atoms with Crippen molar-refractivity contribution in [1.29, 1.82) is 0 Å². The molecule has 3 rings (SSSR count). The highest BCUT2D eigenvalue weighted by molar-refractivity contribution is 5.47. The normalized spacial score (nSPS) is 27.6. The predicted molar refractivity (Wildman–Crippen MR) is 56.5 cm³/mol. The van der Waals surface area contributed by atoms with Crippen molar-refractivity contribution in [3.63, 3.8) is 0 Å². The van der Waals surface area contributed by atoms with Crippen LogP contribution in [-0.2, 0) is 0 Å². The van der Waals surface area contributed by atoms with Gasteiger partial charge in [0.15, 0.2) is 0 Å². The summed E-state index contributed by atoms with van der Waals surface area (Å²) < 4.78 is 5.83. The zero-order chi connectivity index (χ0) is 9.54. The van der Waals surface area contributed by atoms with Crippen LogP contribution >= 0.6 is 0 Å². The number of fused-ring (bicyclic) bond motifs is 3. The molecule has 14 heavy (non-hydrogen) atoms. The maximum atomic E-state index is 5.83. The van der Waals surface area contributed by atoms with Crippen LogP contribution in [0.4, 0.5) is 0 Å². The smallest absolute Gasteiger partial charge is 0.128 e. The third-order valence-electron chi connectivity index (χ3n) is 2.89. The van der Waals surface area contributed by atoms with Crippen LogP contribution in [0.25, 0.3) is 0 Å². The zero-order valence-corrected chi connectivity index (χ0v) is 8.10. The number of hydrogen-bond donors (Lipinski definition) is 0. The summed E-state index contributed by atoms with van der Waals surface area (Å²) in [6, 6.07) is 8.30. The molecule has 2 aliphatic rings. The fraction of sp³-hybridized carbons (Fsp3) is 0.231. The molecule has 1 heterocycles. The first-order chi connectivity index (χ1) is 6.84. The molecule has 0 amide bonds. The Morgan fingerprint density at radius 3 is 3.00 bits per heavy atom. The number of hydrogen-bond acceptors (Lipinski definition) is 1. The summed E-state index contributed by atoms with van der Waals surface area (Å²) in [6.45, 7) is 2.13. The van der Waals surface area contributed by atoms with Crippen LogP contribution < -0.4 is 4.74 Å². The van der Waals surface area contributed by atoms with Gasteiger partial charge in [-0.05, 0) is 19.1 Å². The van der Waals surface area contributed by atoms with Gasteiger partial charge in [-0.2, -0.15) is 0 Å². The maximum Gasteiger partial charge on any atom is 0.128 e. The highest BCUT2D eigenvalue weighted by Crippen LogP contribution is 2.41. The van der Waals surface area contributed by atoms with E-state index in [0.29, 0.717) is 5.92 Å². The first-order valence-corrected chi connectivity index (χ1v) is 4.97. The number of ether oxygens (including phenoxy) is 1. The van der Waals surface area contributed by atoms with Crippen molar-refractivity contribution < 1.29 is 4.74 Å². The molecule has 0 aromatic heterocycles. The van der Waals surface area contributed by atoms with Gasteiger partial charge in [-0.25, -0.2) is 0 Å². The average molecular weight is 184 g/mol. The molecule has 0 bridgehead atoms. The largest absolute Gasteiger partial charge is 0.485 e. The molecule has 0 radical (unpaired) electrons. The monoisotopic (exact) mass is 184 g/mol. The Bertz CT molecular complexity index is 429. The molecule has 0 saturated carbocycles. The van der Waals surface area contributed by atoms with E-state index in [4.69, 9.17) is 4.74 Å². The molecule has 0 spiro atoms. The lowest BCUT2D eigenvalue weighted by molar-refractivity contribution is 0.268. The van der Waals surface area contributed by atoms with Gasteiger partial charge in [-0.3, -0.25) is 0 Å². The van der Waals surface area contributed by atoms with E-state index >= 15 is 0 Å². The molecule has 1 aromatic rings. The molecule has 1 aliphatic carbocycles. The minimum absolute atomic E-state index is 0.219. The first kappa shape index (κ1) is 7.86. The Kier molecular flexibility index (Phi) is 1.54. The lowest BCUT2D eigenvalue weighted by Crippen LogP contribution is -2.16. The second kappa shape index (κ2) is 2.74. The molecule has 0 fully saturated rings. The van der Waals surface area contributed by atoms with Crippen LogP contribution in [-0.4, -0.2) is 6.10 Å². The third kappa shape index (κ3) is 1.02. The lowest BCUT2D eigenvalue weighted by atomic mass is 9.90. The predicted octanol–water partition coefficient (Wildman–Crippen LogP) is 3.05. The molecule has 1 heteroatoms. The lowest BCUT2D eigenvalue weighted by Gasteiger charge is -2.16. The number of para-hydroxylation sites is 1. The molecule has 70 valence electrons. The topological polar surface area (TPSA) is 9.23 Å². The summed E-state index contributed by atoms with van der Waals surface area (Å²) in [6.07, 6.45) is 6.79. The van der Waals surface area contributed by atoms with Gasteiger partial charge in [0.1, 0.15) is 11.9 Å². The van der Waals surface area contributed by atoms with Gasteiger partial charge in [-0.1, -0.05) is 35.9 Å². The molecular formula is C13H12O. The van der Waals surface area contributed by atoms with Gasteiger partial charge in [0, 0.05) is 11.5 Å². The second-order valence-electron chi connectivity index (χ2n) is 3.92. The molecule has 0 N–H and O–H groups in total. The number of rotatable bonds is 0. The van der Waals surface area contributed by atoms with Crippen molar-refractivity contribution in [2.24, 2.45) is 0 Å². The quantitative estimate of drug-likeness (QED) is 0.602. The van der Waals surface area contributed by atoms with E-state index in [9.17, 15) is 0 Å². The van der Waals surface area contributed by atoms with E-state index in [2.05, 4.69) is 37.3 Å². The van der Waals surface area contributed by atoms with Crippen molar-refractivity contribution in [1.82, 2.24) is 0 Å². The van der Waals surface area contributed by atoms with Crippen molar-refractivity contribution in [3.05, 3.63) is 53.6 Å². The van der Waals surface area contributed by atoms with Crippen molar-refractivity contribution in [2.45, 2.75) is 18.9 Å². The van der Waals surface area contributed by atoms with Crippen LogP contribution in [0, 0.1) is 0 Å². The van der Waals surface area contributed by atoms with Gasteiger partial charge in [0.2, 0.25) is 0 Å². The SMILES string of the molecule is CC1=CC2c3ccccc3OC2C=C1. The highest BCUT2D eigenvalue weighted by Gasteiger charge is 2.31. The highest BCUT2D eigenvalue weighted by atomic mass is 16.5. The molecular weight excluding hydrogens is 172 g/mol. The Morgan fingerprint density at radius 1 is 1.21 bits per heavy atom. The minimum atomic E-state index is 0.219. The third-order valence-corrected chi connectivity index (χ3v) is 2.89. The fourth-order valence-corrected chi connectivity index (χ4v) is 2.19. The van der Waals surface area contributed by atoms with Crippen LogP contribution in [0.1, 0.15) is 18.4 Å². The molecule has 2 atom stereocenters. The molecule has 0 saturated heterocycles. The minimum Gasteiger partial charge on any atom is -0.485 e. The Labute approximate surface area is 83.7 Å². The standard InChI is InChI=1S/C13H12O/c1-9-6-7-13-11(8-9)10-4-2-3-5-12(10)14-13/h2-8,11,13H,1H3. The van der Waals surface area contributed by atoms with E-state index < -0.39 is 0 Å². The van der Waals surface area contributed by atoms with Crippen molar-refractivity contribution >= 4 is 0 Å². The maximum absolute atomic E-state index is 5.83. The van der Waals surface area contributed by atoms with Crippen LogP contribution in [0.15, 0.2) is 48.1 Å². The van der Waals surface area contributed by atoms with E-state index in [1.54, 1.807) is 0 Å². The second-order valence-corrected chi connectivity index (χ2v) is 3.92. The van der Waals surface area contributed by atoms with E-state index in [-0.39, 0.29) is 6.10 Å². The van der Waals surface area contributed by atoms with E-state index in [1.165, 1.54) is 11.1 Å². The number of allylic oxidation sites excluding steroid dienone is 2. The summed E-state index contributed by atoms with van der Waals surface area (Å²) in [5, 5.41) is 0. The van der Waals surface area contributed by atoms with Crippen molar-refractivity contribution in [3.8, 4) is 5.75 Å².